The minimum absolute atomic E-state index is 0.00399. The van der Waals surface area contributed by atoms with E-state index in [1.807, 2.05) is 0 Å². The summed E-state index contributed by atoms with van der Waals surface area (Å²) in [5, 5.41) is 9.12. The predicted octanol–water partition coefficient (Wildman–Crippen LogP) is 2.16. The molecule has 0 saturated heterocycles. The molecule has 0 unspecified atom stereocenters. The number of benzene rings is 1. The van der Waals surface area contributed by atoms with E-state index in [0.29, 0.717) is 16.6 Å². The Bertz CT molecular complexity index is 1130. The summed E-state index contributed by atoms with van der Waals surface area (Å²) in [5.74, 6) is -1.25. The van der Waals surface area contributed by atoms with Gasteiger partial charge in [-0.1, -0.05) is 0 Å². The highest BCUT2D eigenvalue weighted by Crippen LogP contribution is 2.30. The van der Waals surface area contributed by atoms with Crippen molar-refractivity contribution in [1.82, 2.24) is 9.97 Å². The van der Waals surface area contributed by atoms with Crippen LogP contribution in [0.1, 0.15) is 5.56 Å². The molecule has 0 aliphatic carbocycles. The molecule has 0 atom stereocenters. The normalized spacial score (nSPS) is 11.3. The molecule has 0 saturated carbocycles. The lowest BCUT2D eigenvalue weighted by atomic mass is 10.2. The predicted molar refractivity (Wildman–Crippen MR) is 93.6 cm³/mol. The zero-order valence-electron chi connectivity index (χ0n) is 13.6. The van der Waals surface area contributed by atoms with Crippen LogP contribution in [0.5, 0.6) is 5.75 Å². The first-order valence-electron chi connectivity index (χ1n) is 7.35. The molecule has 0 aliphatic heterocycles. The number of H-pyrrole nitrogens is 1. The Morgan fingerprint density at radius 2 is 2.19 bits per heavy atom. The topological polar surface area (TPSA) is 134 Å². The number of aromatic nitrogens is 2. The quantitative estimate of drug-likeness (QED) is 0.462. The van der Waals surface area contributed by atoms with Crippen molar-refractivity contribution in [3.63, 3.8) is 0 Å². The highest BCUT2D eigenvalue weighted by Gasteiger charge is 2.23. The lowest BCUT2D eigenvalue weighted by Gasteiger charge is -2.12. The molecule has 2 heterocycles. The SMILES string of the molecule is COc1cc(CC#N)c(F)nc1NS(=O)(=O)c1c[nH]c2cc(N)ccc12. The highest BCUT2D eigenvalue weighted by molar-refractivity contribution is 7.93. The second-order valence-corrected chi connectivity index (χ2v) is 7.04. The van der Waals surface area contributed by atoms with Crippen LogP contribution in [0.4, 0.5) is 15.9 Å². The van der Waals surface area contributed by atoms with Gasteiger partial charge in [-0.15, -0.1) is 0 Å². The summed E-state index contributed by atoms with van der Waals surface area (Å²) < 4.78 is 46.7. The standard InChI is InChI=1S/C16H14FN5O3S/c1-25-13-6-9(4-5-18)15(17)21-16(13)22-26(23,24)14-8-20-12-7-10(19)2-3-11(12)14/h2-3,6-8,20H,4,19H2,1H3,(H,21,22). The van der Waals surface area contributed by atoms with Gasteiger partial charge in [0.05, 0.1) is 19.6 Å². The van der Waals surface area contributed by atoms with Crippen molar-refractivity contribution in [3.8, 4) is 11.8 Å². The number of pyridine rings is 1. The number of anilines is 2. The summed E-state index contributed by atoms with van der Waals surface area (Å²) in [4.78, 5) is 6.37. The first-order chi connectivity index (χ1) is 12.4. The Kier molecular flexibility index (Phi) is 4.40. The van der Waals surface area contributed by atoms with Gasteiger partial charge in [-0.2, -0.15) is 14.6 Å². The summed E-state index contributed by atoms with van der Waals surface area (Å²) in [6, 6.07) is 7.78. The Labute approximate surface area is 148 Å². The van der Waals surface area contributed by atoms with Gasteiger partial charge in [0.2, 0.25) is 5.95 Å². The number of nitrogens with two attached hydrogens (primary N) is 1. The number of methoxy groups -OCH3 is 1. The molecular weight excluding hydrogens is 361 g/mol. The summed E-state index contributed by atoms with van der Waals surface area (Å²) in [6.07, 6.45) is 1.09. The van der Waals surface area contributed by atoms with E-state index in [9.17, 15) is 12.8 Å². The molecule has 0 amide bonds. The molecule has 0 spiro atoms. The molecule has 26 heavy (non-hydrogen) atoms. The number of nitrogens with zero attached hydrogens (tertiary/aromatic N) is 2. The maximum Gasteiger partial charge on any atom is 0.265 e. The largest absolute Gasteiger partial charge is 0.493 e. The average Bonchev–Trinajstić information content (AvgIpc) is 3.01. The molecule has 10 heteroatoms. The van der Waals surface area contributed by atoms with Crippen molar-refractivity contribution in [2.75, 3.05) is 17.6 Å². The average molecular weight is 375 g/mol. The van der Waals surface area contributed by atoms with E-state index in [2.05, 4.69) is 14.7 Å². The Hall–Kier alpha value is -3.32. The molecule has 1 aromatic carbocycles. The molecule has 3 rings (SSSR count). The minimum Gasteiger partial charge on any atom is -0.493 e. The number of rotatable bonds is 5. The van der Waals surface area contributed by atoms with E-state index >= 15 is 0 Å². The van der Waals surface area contributed by atoms with E-state index < -0.39 is 16.0 Å². The summed E-state index contributed by atoms with van der Waals surface area (Å²) >= 11 is 0. The minimum atomic E-state index is -4.08. The van der Waals surface area contributed by atoms with Crippen LogP contribution in [-0.2, 0) is 16.4 Å². The smallest absolute Gasteiger partial charge is 0.265 e. The van der Waals surface area contributed by atoms with Crippen molar-refractivity contribution >= 4 is 32.4 Å². The maximum atomic E-state index is 14.0. The van der Waals surface area contributed by atoms with Gasteiger partial charge in [0.1, 0.15) is 4.90 Å². The third-order valence-corrected chi connectivity index (χ3v) is 5.07. The number of sulfonamides is 1. The van der Waals surface area contributed by atoms with Crippen LogP contribution in [0.15, 0.2) is 35.4 Å². The van der Waals surface area contributed by atoms with E-state index in [4.69, 9.17) is 15.7 Å². The second-order valence-electron chi connectivity index (χ2n) is 5.39. The second kappa shape index (κ2) is 6.53. The van der Waals surface area contributed by atoms with E-state index in [-0.39, 0.29) is 28.4 Å². The van der Waals surface area contributed by atoms with Crippen molar-refractivity contribution in [2.24, 2.45) is 0 Å². The maximum absolute atomic E-state index is 14.0. The molecule has 0 bridgehead atoms. The summed E-state index contributed by atoms with van der Waals surface area (Å²) in [6.45, 7) is 0. The Balaban J connectivity index is 2.04. The van der Waals surface area contributed by atoms with E-state index in [0.717, 1.165) is 0 Å². The highest BCUT2D eigenvalue weighted by atomic mass is 32.2. The molecule has 0 fully saturated rings. The summed E-state index contributed by atoms with van der Waals surface area (Å²) in [7, 11) is -2.79. The van der Waals surface area contributed by atoms with Crippen LogP contribution in [0.2, 0.25) is 0 Å². The summed E-state index contributed by atoms with van der Waals surface area (Å²) in [5.41, 5.74) is 6.72. The Morgan fingerprint density at radius 3 is 2.88 bits per heavy atom. The van der Waals surface area contributed by atoms with Gasteiger partial charge in [0, 0.05) is 28.4 Å². The molecule has 0 radical (unpaired) electrons. The third-order valence-electron chi connectivity index (χ3n) is 3.69. The molecule has 8 nitrogen and oxygen atoms in total. The lowest BCUT2D eigenvalue weighted by Crippen LogP contribution is -2.15. The van der Waals surface area contributed by atoms with Gasteiger partial charge in [-0.05, 0) is 24.3 Å². The third kappa shape index (κ3) is 3.12. The fraction of sp³-hybridized carbons (Fsp3) is 0.125. The Morgan fingerprint density at radius 1 is 1.42 bits per heavy atom. The number of nitrogens with one attached hydrogen (secondary N) is 2. The fourth-order valence-corrected chi connectivity index (χ4v) is 3.66. The number of nitriles is 1. The number of aromatic amines is 1. The van der Waals surface area contributed by atoms with Crippen LogP contribution < -0.4 is 15.2 Å². The van der Waals surface area contributed by atoms with E-state index in [1.165, 1.54) is 19.4 Å². The molecule has 0 aliphatic rings. The molecule has 2 aromatic heterocycles. The van der Waals surface area contributed by atoms with Gasteiger partial charge in [0.15, 0.2) is 11.6 Å². The van der Waals surface area contributed by atoms with Crippen LogP contribution in [-0.4, -0.2) is 25.5 Å². The van der Waals surface area contributed by atoms with E-state index in [1.54, 1.807) is 24.3 Å². The lowest BCUT2D eigenvalue weighted by molar-refractivity contribution is 0.412. The number of hydrogen-bond donors (Lipinski definition) is 3. The van der Waals surface area contributed by atoms with Crippen molar-refractivity contribution < 1.29 is 17.5 Å². The molecule has 134 valence electrons. The van der Waals surface area contributed by atoms with Gasteiger partial charge in [0.25, 0.3) is 10.0 Å². The van der Waals surface area contributed by atoms with Crippen LogP contribution in [0.3, 0.4) is 0 Å². The van der Waals surface area contributed by atoms with Crippen LogP contribution in [0, 0.1) is 17.3 Å². The number of ether oxygens (including phenoxy) is 1. The molecular formula is C16H14FN5O3S. The van der Waals surface area contributed by atoms with Crippen molar-refractivity contribution in [3.05, 3.63) is 42.0 Å². The monoisotopic (exact) mass is 375 g/mol. The van der Waals surface area contributed by atoms with Gasteiger partial charge >= 0.3 is 0 Å². The van der Waals surface area contributed by atoms with Gasteiger partial charge in [-0.3, -0.25) is 4.72 Å². The number of fused-ring (bicyclic) bond motifs is 1. The number of hydrogen-bond acceptors (Lipinski definition) is 6. The van der Waals surface area contributed by atoms with Crippen molar-refractivity contribution in [2.45, 2.75) is 11.3 Å². The molecule has 4 N–H and O–H groups in total. The zero-order valence-corrected chi connectivity index (χ0v) is 14.4. The fourth-order valence-electron chi connectivity index (χ4n) is 2.47. The van der Waals surface area contributed by atoms with Gasteiger partial charge in [-0.25, -0.2) is 8.42 Å². The first-order valence-corrected chi connectivity index (χ1v) is 8.84. The number of halogens is 1. The zero-order chi connectivity index (χ0) is 18.9. The first kappa shape index (κ1) is 17.5. The van der Waals surface area contributed by atoms with Gasteiger partial charge < -0.3 is 15.5 Å². The number of nitrogen functional groups attached to an aromatic ring is 1. The van der Waals surface area contributed by atoms with Crippen LogP contribution >= 0.6 is 0 Å². The van der Waals surface area contributed by atoms with Crippen LogP contribution in [0.25, 0.3) is 10.9 Å². The van der Waals surface area contributed by atoms with Crippen molar-refractivity contribution in [1.29, 1.82) is 5.26 Å². The molecule has 3 aromatic rings.